The number of hydrogen-bond donors (Lipinski definition) is 1. The van der Waals surface area contributed by atoms with Gasteiger partial charge in [-0.25, -0.2) is 4.98 Å². The first-order chi connectivity index (χ1) is 7.02. The van der Waals surface area contributed by atoms with Crippen molar-refractivity contribution in [2.45, 2.75) is 46.7 Å². The number of aromatic nitrogens is 2. The van der Waals surface area contributed by atoms with E-state index in [4.69, 9.17) is 0 Å². The summed E-state index contributed by atoms with van der Waals surface area (Å²) < 4.78 is 2.26. The van der Waals surface area contributed by atoms with Crippen molar-refractivity contribution < 1.29 is 0 Å². The van der Waals surface area contributed by atoms with E-state index in [9.17, 15) is 0 Å². The van der Waals surface area contributed by atoms with E-state index >= 15 is 0 Å². The molecule has 1 atom stereocenters. The predicted molar refractivity (Wildman–Crippen MR) is 64.0 cm³/mol. The lowest BCUT2D eigenvalue weighted by atomic mass is 10.0. The maximum absolute atomic E-state index is 4.28. The van der Waals surface area contributed by atoms with Crippen molar-refractivity contribution >= 4 is 0 Å². The fraction of sp³-hybridized carbons (Fsp3) is 0.750. The van der Waals surface area contributed by atoms with Gasteiger partial charge in [-0.15, -0.1) is 0 Å². The molecule has 0 aliphatic rings. The van der Waals surface area contributed by atoms with Crippen LogP contribution in [0.1, 0.15) is 39.6 Å². The summed E-state index contributed by atoms with van der Waals surface area (Å²) in [7, 11) is 0. The molecule has 0 radical (unpaired) electrons. The minimum absolute atomic E-state index is 0.495. The Labute approximate surface area is 92.9 Å². The van der Waals surface area contributed by atoms with Crippen LogP contribution in [0, 0.1) is 12.8 Å². The summed E-state index contributed by atoms with van der Waals surface area (Å²) in [5.41, 5.74) is 0. The number of imidazole rings is 1. The maximum Gasteiger partial charge on any atom is 0.105 e. The standard InChI is InChI=1S/C12H23N3/c1-9(2)12(8-14-10(3)4)15-7-6-13-11(15)5/h6-7,9-10,12,14H,8H2,1-5H3. The van der Waals surface area contributed by atoms with E-state index in [1.165, 1.54) is 0 Å². The van der Waals surface area contributed by atoms with Crippen molar-refractivity contribution in [2.24, 2.45) is 5.92 Å². The van der Waals surface area contributed by atoms with Crippen LogP contribution in [0.25, 0.3) is 0 Å². The van der Waals surface area contributed by atoms with Crippen molar-refractivity contribution in [3.8, 4) is 0 Å². The Morgan fingerprint density at radius 2 is 2.00 bits per heavy atom. The lowest BCUT2D eigenvalue weighted by Crippen LogP contribution is -2.33. The Kier molecular flexibility index (Phi) is 4.33. The van der Waals surface area contributed by atoms with Gasteiger partial charge in [0.1, 0.15) is 5.82 Å². The molecule has 0 aromatic carbocycles. The second kappa shape index (κ2) is 5.31. The summed E-state index contributed by atoms with van der Waals surface area (Å²) in [5, 5.41) is 3.49. The molecule has 0 aliphatic heterocycles. The van der Waals surface area contributed by atoms with Gasteiger partial charge in [-0.05, 0) is 12.8 Å². The molecule has 0 spiro atoms. The fourth-order valence-electron chi connectivity index (χ4n) is 1.75. The summed E-state index contributed by atoms with van der Waals surface area (Å²) in [6.45, 7) is 11.9. The Balaban J connectivity index is 2.71. The van der Waals surface area contributed by atoms with Crippen LogP contribution in [0.15, 0.2) is 12.4 Å². The van der Waals surface area contributed by atoms with Crippen LogP contribution in [-0.2, 0) is 0 Å². The predicted octanol–water partition coefficient (Wildman–Crippen LogP) is 2.39. The summed E-state index contributed by atoms with van der Waals surface area (Å²) in [6.07, 6.45) is 3.95. The monoisotopic (exact) mass is 209 g/mol. The zero-order chi connectivity index (χ0) is 11.4. The van der Waals surface area contributed by atoms with E-state index in [2.05, 4.69) is 55.7 Å². The second-order valence-corrected chi connectivity index (χ2v) is 4.76. The van der Waals surface area contributed by atoms with Crippen LogP contribution in [-0.4, -0.2) is 22.1 Å². The van der Waals surface area contributed by atoms with Crippen molar-refractivity contribution in [3.05, 3.63) is 18.2 Å². The van der Waals surface area contributed by atoms with Gasteiger partial charge in [0.25, 0.3) is 0 Å². The summed E-state index contributed by atoms with van der Waals surface area (Å²) in [4.78, 5) is 4.28. The van der Waals surface area contributed by atoms with Gasteiger partial charge in [0, 0.05) is 31.0 Å². The van der Waals surface area contributed by atoms with E-state index in [-0.39, 0.29) is 0 Å². The van der Waals surface area contributed by atoms with Crippen LogP contribution in [0.5, 0.6) is 0 Å². The molecule has 0 amide bonds. The van der Waals surface area contributed by atoms with Gasteiger partial charge in [-0.1, -0.05) is 27.7 Å². The molecular weight excluding hydrogens is 186 g/mol. The van der Waals surface area contributed by atoms with E-state index in [0.717, 1.165) is 12.4 Å². The lowest BCUT2D eigenvalue weighted by molar-refractivity contribution is 0.341. The van der Waals surface area contributed by atoms with Crippen LogP contribution in [0.2, 0.25) is 0 Å². The molecule has 15 heavy (non-hydrogen) atoms. The first-order valence-corrected chi connectivity index (χ1v) is 5.75. The third-order valence-corrected chi connectivity index (χ3v) is 2.72. The van der Waals surface area contributed by atoms with Gasteiger partial charge in [0.2, 0.25) is 0 Å². The van der Waals surface area contributed by atoms with Gasteiger partial charge in [0.15, 0.2) is 0 Å². The highest BCUT2D eigenvalue weighted by Gasteiger charge is 2.16. The normalized spacial score (nSPS) is 13.8. The SMILES string of the molecule is Cc1nccn1C(CNC(C)C)C(C)C. The highest BCUT2D eigenvalue weighted by molar-refractivity contribution is 4.93. The molecule has 0 aliphatic carbocycles. The van der Waals surface area contributed by atoms with Crippen molar-refractivity contribution in [1.82, 2.24) is 14.9 Å². The summed E-state index contributed by atoms with van der Waals surface area (Å²) in [6, 6.07) is 1.03. The van der Waals surface area contributed by atoms with E-state index in [0.29, 0.717) is 18.0 Å². The Bertz CT molecular complexity index is 289. The van der Waals surface area contributed by atoms with Crippen molar-refractivity contribution in [3.63, 3.8) is 0 Å². The maximum atomic E-state index is 4.28. The smallest absolute Gasteiger partial charge is 0.105 e. The van der Waals surface area contributed by atoms with Gasteiger partial charge in [0.05, 0.1) is 0 Å². The molecule has 3 heteroatoms. The van der Waals surface area contributed by atoms with Gasteiger partial charge >= 0.3 is 0 Å². The quantitative estimate of drug-likeness (QED) is 0.807. The molecule has 1 heterocycles. The topological polar surface area (TPSA) is 29.9 Å². The third kappa shape index (κ3) is 3.34. The third-order valence-electron chi connectivity index (χ3n) is 2.72. The first-order valence-electron chi connectivity index (χ1n) is 5.75. The Morgan fingerprint density at radius 1 is 1.33 bits per heavy atom. The van der Waals surface area contributed by atoms with Crippen molar-refractivity contribution in [2.75, 3.05) is 6.54 Å². The molecule has 0 fully saturated rings. The van der Waals surface area contributed by atoms with E-state index in [1.54, 1.807) is 0 Å². The molecule has 0 saturated heterocycles. The molecule has 0 bridgehead atoms. The number of rotatable bonds is 5. The average molecular weight is 209 g/mol. The largest absolute Gasteiger partial charge is 0.331 e. The minimum Gasteiger partial charge on any atom is -0.331 e. The Hall–Kier alpha value is -0.830. The number of aryl methyl sites for hydroxylation is 1. The van der Waals surface area contributed by atoms with E-state index in [1.807, 2.05) is 6.20 Å². The second-order valence-electron chi connectivity index (χ2n) is 4.76. The van der Waals surface area contributed by atoms with Crippen LogP contribution >= 0.6 is 0 Å². The molecule has 86 valence electrons. The van der Waals surface area contributed by atoms with Crippen LogP contribution < -0.4 is 5.32 Å². The van der Waals surface area contributed by atoms with Crippen molar-refractivity contribution in [1.29, 1.82) is 0 Å². The van der Waals surface area contributed by atoms with Gasteiger partial charge in [-0.3, -0.25) is 0 Å². The number of nitrogens with zero attached hydrogens (tertiary/aromatic N) is 2. The Morgan fingerprint density at radius 3 is 2.40 bits per heavy atom. The molecule has 3 nitrogen and oxygen atoms in total. The first kappa shape index (κ1) is 12.2. The van der Waals surface area contributed by atoms with Gasteiger partial charge in [-0.2, -0.15) is 0 Å². The molecule has 1 unspecified atom stereocenters. The minimum atomic E-state index is 0.495. The molecular formula is C12H23N3. The molecule has 0 saturated carbocycles. The molecule has 1 aromatic heterocycles. The highest BCUT2D eigenvalue weighted by atomic mass is 15.1. The zero-order valence-corrected chi connectivity index (χ0v) is 10.5. The fourth-order valence-corrected chi connectivity index (χ4v) is 1.75. The van der Waals surface area contributed by atoms with Crippen LogP contribution in [0.4, 0.5) is 0 Å². The number of hydrogen-bond acceptors (Lipinski definition) is 2. The molecule has 1 N–H and O–H groups in total. The van der Waals surface area contributed by atoms with Gasteiger partial charge < -0.3 is 9.88 Å². The molecule has 1 rings (SSSR count). The lowest BCUT2D eigenvalue weighted by Gasteiger charge is -2.25. The summed E-state index contributed by atoms with van der Waals surface area (Å²) >= 11 is 0. The van der Waals surface area contributed by atoms with Crippen LogP contribution in [0.3, 0.4) is 0 Å². The highest BCUT2D eigenvalue weighted by Crippen LogP contribution is 2.18. The number of nitrogens with one attached hydrogen (secondary N) is 1. The average Bonchev–Trinajstić information content (AvgIpc) is 2.51. The summed E-state index contributed by atoms with van der Waals surface area (Å²) in [5.74, 6) is 1.71. The molecule has 1 aromatic rings. The zero-order valence-electron chi connectivity index (χ0n) is 10.5. The van der Waals surface area contributed by atoms with E-state index < -0.39 is 0 Å².